The summed E-state index contributed by atoms with van der Waals surface area (Å²) in [7, 11) is 0. The number of hydrogen-bond donors (Lipinski definition) is 0. The van der Waals surface area contributed by atoms with Crippen molar-refractivity contribution < 1.29 is 0 Å². The van der Waals surface area contributed by atoms with E-state index in [1.54, 1.807) is 16.8 Å². The Morgan fingerprint density at radius 3 is 2.76 bits per heavy atom. The van der Waals surface area contributed by atoms with E-state index in [1.165, 1.54) is 12.8 Å². The first-order valence-corrected chi connectivity index (χ1v) is 7.99. The number of halogens is 2. The summed E-state index contributed by atoms with van der Waals surface area (Å²) in [6.45, 7) is 0. The van der Waals surface area contributed by atoms with E-state index in [-0.39, 0.29) is 0 Å². The average molecular weight is 320 g/mol. The van der Waals surface area contributed by atoms with Gasteiger partial charge >= 0.3 is 0 Å². The van der Waals surface area contributed by atoms with Gasteiger partial charge in [-0.05, 0) is 31.0 Å². The average Bonchev–Trinajstić information content (AvgIpc) is 3.14. The summed E-state index contributed by atoms with van der Waals surface area (Å²) in [5, 5.41) is 14.3. The molecule has 1 aromatic heterocycles. The van der Waals surface area contributed by atoms with Gasteiger partial charge in [0.15, 0.2) is 0 Å². The van der Waals surface area contributed by atoms with Crippen molar-refractivity contribution in [2.45, 2.75) is 37.5 Å². The Hall–Kier alpha value is -1.50. The molecule has 1 aliphatic carbocycles. The van der Waals surface area contributed by atoms with Crippen LogP contribution in [0.25, 0.3) is 5.69 Å². The van der Waals surface area contributed by atoms with Crippen molar-refractivity contribution in [3.05, 3.63) is 46.2 Å². The first-order valence-electron chi connectivity index (χ1n) is 7.08. The van der Waals surface area contributed by atoms with Gasteiger partial charge in [-0.25, -0.2) is 4.68 Å². The van der Waals surface area contributed by atoms with Crippen LogP contribution in [0, 0.1) is 11.3 Å². The molecule has 0 saturated heterocycles. The first-order chi connectivity index (χ1) is 10.2. The monoisotopic (exact) mass is 319 g/mol. The van der Waals surface area contributed by atoms with Crippen molar-refractivity contribution in [3.63, 3.8) is 0 Å². The van der Waals surface area contributed by atoms with Gasteiger partial charge in [0.1, 0.15) is 5.15 Å². The predicted molar refractivity (Wildman–Crippen MR) is 84.1 cm³/mol. The van der Waals surface area contributed by atoms with Crippen LogP contribution < -0.4 is 0 Å². The van der Waals surface area contributed by atoms with E-state index in [4.69, 9.17) is 33.6 Å². The summed E-state index contributed by atoms with van der Waals surface area (Å²) in [5.41, 5.74) is 3.34. The van der Waals surface area contributed by atoms with Crippen LogP contribution in [0.2, 0.25) is 5.15 Å². The zero-order valence-corrected chi connectivity index (χ0v) is 13.0. The molecule has 108 valence electrons. The predicted octanol–water partition coefficient (Wildman–Crippen LogP) is 4.79. The topological polar surface area (TPSA) is 41.6 Å². The van der Waals surface area contributed by atoms with Crippen molar-refractivity contribution in [3.8, 4) is 11.8 Å². The van der Waals surface area contributed by atoms with Crippen LogP contribution in [0.3, 0.4) is 0 Å². The van der Waals surface area contributed by atoms with Gasteiger partial charge in [0.2, 0.25) is 0 Å². The second-order valence-electron chi connectivity index (χ2n) is 5.34. The lowest BCUT2D eigenvalue weighted by Crippen LogP contribution is -2.00. The molecule has 0 N–H and O–H groups in total. The summed E-state index contributed by atoms with van der Waals surface area (Å²) >= 11 is 12.6. The number of hydrogen-bond acceptors (Lipinski definition) is 2. The maximum absolute atomic E-state index is 9.02. The van der Waals surface area contributed by atoms with Gasteiger partial charge in [-0.3, -0.25) is 0 Å². The Kier molecular flexibility index (Phi) is 4.19. The lowest BCUT2D eigenvalue weighted by Gasteiger charge is -2.06. The molecule has 0 amide bonds. The number of rotatable bonds is 3. The van der Waals surface area contributed by atoms with Crippen molar-refractivity contribution >= 4 is 23.2 Å². The SMILES string of the molecule is N#Cc1cccc(-n2nc(C3CCCC3)c(CCl)c2Cl)c1. The highest BCUT2D eigenvalue weighted by atomic mass is 35.5. The molecule has 0 spiro atoms. The number of aromatic nitrogens is 2. The van der Waals surface area contributed by atoms with Crippen LogP contribution in [0.1, 0.15) is 48.4 Å². The molecule has 0 radical (unpaired) electrons. The fraction of sp³-hybridized carbons (Fsp3) is 0.375. The normalized spacial score (nSPS) is 15.3. The van der Waals surface area contributed by atoms with Crippen LogP contribution in [-0.2, 0) is 5.88 Å². The molecule has 2 aromatic rings. The van der Waals surface area contributed by atoms with Gasteiger partial charge in [-0.2, -0.15) is 10.4 Å². The molecule has 0 aliphatic heterocycles. The van der Waals surface area contributed by atoms with E-state index < -0.39 is 0 Å². The van der Waals surface area contributed by atoms with E-state index in [0.29, 0.717) is 22.5 Å². The third kappa shape index (κ3) is 2.66. The fourth-order valence-corrected chi connectivity index (χ4v) is 3.61. The van der Waals surface area contributed by atoms with Crippen molar-refractivity contribution in [1.29, 1.82) is 5.26 Å². The number of nitrogens with zero attached hydrogens (tertiary/aromatic N) is 3. The third-order valence-electron chi connectivity index (χ3n) is 4.05. The van der Waals surface area contributed by atoms with Gasteiger partial charge in [0.05, 0.1) is 28.9 Å². The van der Waals surface area contributed by atoms with Crippen molar-refractivity contribution in [1.82, 2.24) is 9.78 Å². The second-order valence-corrected chi connectivity index (χ2v) is 5.97. The van der Waals surface area contributed by atoms with E-state index >= 15 is 0 Å². The highest BCUT2D eigenvalue weighted by molar-refractivity contribution is 6.31. The largest absolute Gasteiger partial charge is 0.222 e. The van der Waals surface area contributed by atoms with Crippen LogP contribution in [0.5, 0.6) is 0 Å². The highest BCUT2D eigenvalue weighted by Gasteiger charge is 2.26. The quantitative estimate of drug-likeness (QED) is 0.763. The van der Waals surface area contributed by atoms with Crippen LogP contribution in [0.15, 0.2) is 24.3 Å². The Morgan fingerprint density at radius 2 is 2.10 bits per heavy atom. The Labute approximate surface area is 134 Å². The summed E-state index contributed by atoms with van der Waals surface area (Å²) < 4.78 is 1.70. The first kappa shape index (κ1) is 14.4. The minimum absolute atomic E-state index is 0.364. The molecule has 21 heavy (non-hydrogen) atoms. The summed E-state index contributed by atoms with van der Waals surface area (Å²) in [4.78, 5) is 0. The van der Waals surface area contributed by atoms with E-state index in [9.17, 15) is 0 Å². The number of nitriles is 1. The minimum atomic E-state index is 0.364. The molecule has 3 nitrogen and oxygen atoms in total. The molecule has 1 fully saturated rings. The Bertz CT molecular complexity index is 694. The van der Waals surface area contributed by atoms with Crippen molar-refractivity contribution in [2.24, 2.45) is 0 Å². The summed E-state index contributed by atoms with van der Waals surface area (Å²) in [6, 6.07) is 9.42. The smallest absolute Gasteiger partial charge is 0.137 e. The Morgan fingerprint density at radius 1 is 1.33 bits per heavy atom. The zero-order chi connectivity index (χ0) is 14.8. The molecular weight excluding hydrogens is 305 g/mol. The highest BCUT2D eigenvalue weighted by Crippen LogP contribution is 2.38. The summed E-state index contributed by atoms with van der Waals surface area (Å²) in [5.74, 6) is 0.819. The van der Waals surface area contributed by atoms with Crippen LogP contribution in [-0.4, -0.2) is 9.78 Å². The van der Waals surface area contributed by atoms with Crippen molar-refractivity contribution in [2.75, 3.05) is 0 Å². The molecule has 0 atom stereocenters. The third-order valence-corrected chi connectivity index (χ3v) is 4.70. The molecule has 1 saturated carbocycles. The molecule has 0 bridgehead atoms. The fourth-order valence-electron chi connectivity index (χ4n) is 2.97. The molecule has 1 aromatic carbocycles. The molecule has 1 aliphatic rings. The van der Waals surface area contributed by atoms with Gasteiger partial charge < -0.3 is 0 Å². The molecule has 3 rings (SSSR count). The molecule has 1 heterocycles. The molecule has 0 unspecified atom stereocenters. The number of alkyl halides is 1. The van der Waals surface area contributed by atoms with Gasteiger partial charge in [-0.1, -0.05) is 30.5 Å². The van der Waals surface area contributed by atoms with E-state index in [1.807, 2.05) is 12.1 Å². The molecule has 5 heteroatoms. The van der Waals surface area contributed by atoms with Crippen LogP contribution >= 0.6 is 23.2 Å². The maximum Gasteiger partial charge on any atom is 0.137 e. The standard InChI is InChI=1S/C16H15Cl2N3/c17-9-14-15(12-5-1-2-6-12)20-21(16(14)18)13-7-3-4-11(8-13)10-19/h3-4,7-8,12H,1-2,5-6,9H2. The summed E-state index contributed by atoms with van der Waals surface area (Å²) in [6.07, 6.45) is 4.77. The van der Waals surface area contributed by atoms with E-state index in [2.05, 4.69) is 6.07 Å². The molecular formula is C16H15Cl2N3. The van der Waals surface area contributed by atoms with Crippen LogP contribution in [0.4, 0.5) is 0 Å². The zero-order valence-electron chi connectivity index (χ0n) is 11.5. The van der Waals surface area contributed by atoms with E-state index in [0.717, 1.165) is 29.8 Å². The number of benzene rings is 1. The lowest BCUT2D eigenvalue weighted by molar-refractivity contribution is 0.675. The lowest BCUT2D eigenvalue weighted by atomic mass is 10.0. The Balaban J connectivity index is 2.08. The van der Waals surface area contributed by atoms with Gasteiger partial charge in [0.25, 0.3) is 0 Å². The maximum atomic E-state index is 9.02. The van der Waals surface area contributed by atoms with Gasteiger partial charge in [0, 0.05) is 11.5 Å². The minimum Gasteiger partial charge on any atom is -0.222 e. The van der Waals surface area contributed by atoms with Gasteiger partial charge in [-0.15, -0.1) is 11.6 Å². The second kappa shape index (κ2) is 6.09.